The predicted octanol–water partition coefficient (Wildman–Crippen LogP) is 2.19. The van der Waals surface area contributed by atoms with Crippen LogP contribution in [0.2, 0.25) is 0 Å². The highest BCUT2D eigenvalue weighted by Crippen LogP contribution is 2.26. The van der Waals surface area contributed by atoms with Crippen molar-refractivity contribution in [2.45, 2.75) is 26.8 Å². The molecule has 0 bridgehead atoms. The molecule has 0 saturated carbocycles. The second-order valence-electron chi connectivity index (χ2n) is 4.57. The molecule has 0 saturated heterocycles. The van der Waals surface area contributed by atoms with E-state index in [2.05, 4.69) is 22.2 Å². The summed E-state index contributed by atoms with van der Waals surface area (Å²) >= 11 is 0. The zero-order chi connectivity index (χ0) is 12.7. The second-order valence-corrected chi connectivity index (χ2v) is 4.57. The van der Waals surface area contributed by atoms with E-state index in [0.29, 0.717) is 6.54 Å². The molecule has 1 aliphatic rings. The van der Waals surface area contributed by atoms with E-state index in [1.54, 1.807) is 0 Å². The number of benzene rings is 1. The number of aromatic amines is 1. The fourth-order valence-corrected chi connectivity index (χ4v) is 2.33. The first-order chi connectivity index (χ1) is 8.69. The van der Waals surface area contributed by atoms with Crippen molar-refractivity contribution < 1.29 is 4.79 Å². The van der Waals surface area contributed by atoms with Crippen molar-refractivity contribution in [1.82, 2.24) is 15.3 Å². The van der Waals surface area contributed by atoms with Gasteiger partial charge in [-0.1, -0.05) is 19.1 Å². The zero-order valence-corrected chi connectivity index (χ0v) is 10.5. The Labute approximate surface area is 105 Å². The molecule has 0 spiro atoms. The fraction of sp³-hybridized carbons (Fsp3) is 0.286. The van der Waals surface area contributed by atoms with Gasteiger partial charge in [0.25, 0.3) is 5.91 Å². The molecule has 92 valence electrons. The quantitative estimate of drug-likeness (QED) is 0.846. The van der Waals surface area contributed by atoms with Crippen molar-refractivity contribution in [3.05, 3.63) is 40.8 Å². The molecule has 0 fully saturated rings. The molecule has 4 nitrogen and oxygen atoms in total. The Hall–Kier alpha value is -2.10. The van der Waals surface area contributed by atoms with E-state index in [4.69, 9.17) is 0 Å². The number of nitrogens with zero attached hydrogens (tertiary/aromatic N) is 1. The Bertz CT molecular complexity index is 628. The van der Waals surface area contributed by atoms with Gasteiger partial charge < -0.3 is 10.3 Å². The molecular weight excluding hydrogens is 226 g/mol. The summed E-state index contributed by atoms with van der Waals surface area (Å²) in [6, 6.07) is 5.96. The maximum Gasteiger partial charge on any atom is 0.251 e. The van der Waals surface area contributed by atoms with Gasteiger partial charge in [0.15, 0.2) is 0 Å². The van der Waals surface area contributed by atoms with Crippen LogP contribution in [-0.2, 0) is 13.0 Å². The fourth-order valence-electron chi connectivity index (χ4n) is 2.33. The first kappa shape index (κ1) is 11.0. The zero-order valence-electron chi connectivity index (χ0n) is 10.5. The van der Waals surface area contributed by atoms with Crippen molar-refractivity contribution in [2.24, 2.45) is 0 Å². The molecule has 18 heavy (non-hydrogen) atoms. The summed E-state index contributed by atoms with van der Waals surface area (Å²) in [4.78, 5) is 19.5. The summed E-state index contributed by atoms with van der Waals surface area (Å²) in [7, 11) is 0. The van der Waals surface area contributed by atoms with Crippen LogP contribution in [0.4, 0.5) is 0 Å². The van der Waals surface area contributed by atoms with Crippen LogP contribution in [-0.4, -0.2) is 15.9 Å². The third-order valence-corrected chi connectivity index (χ3v) is 3.34. The van der Waals surface area contributed by atoms with Gasteiger partial charge in [0.05, 0.1) is 5.69 Å². The van der Waals surface area contributed by atoms with Gasteiger partial charge in [-0.05, 0) is 18.6 Å². The number of carbonyl (C=O) groups is 1. The molecule has 2 heterocycles. The number of imidazole rings is 1. The van der Waals surface area contributed by atoms with E-state index in [1.807, 2.05) is 25.1 Å². The number of fused-ring (bicyclic) bond motifs is 1. The highest BCUT2D eigenvalue weighted by molar-refractivity contribution is 5.99. The van der Waals surface area contributed by atoms with Gasteiger partial charge in [0.1, 0.15) is 5.82 Å². The molecule has 1 aliphatic heterocycles. The third-order valence-electron chi connectivity index (χ3n) is 3.34. The molecular formula is C14H15N3O. The monoisotopic (exact) mass is 241 g/mol. The standard InChI is InChI=1S/C14H15N3O/c1-3-12-16-8(2)13(17-12)9-4-5-10-7-15-14(18)11(10)6-9/h4-6H,3,7H2,1-2H3,(H,15,18)(H,16,17). The van der Waals surface area contributed by atoms with Crippen LogP contribution in [0.5, 0.6) is 0 Å². The smallest absolute Gasteiger partial charge is 0.251 e. The Kier molecular flexibility index (Phi) is 2.44. The van der Waals surface area contributed by atoms with Crippen LogP contribution in [0.15, 0.2) is 18.2 Å². The van der Waals surface area contributed by atoms with Gasteiger partial charge in [-0.15, -0.1) is 0 Å². The van der Waals surface area contributed by atoms with Gasteiger partial charge in [-0.2, -0.15) is 0 Å². The van der Waals surface area contributed by atoms with E-state index in [-0.39, 0.29) is 5.91 Å². The molecule has 2 aromatic rings. The largest absolute Gasteiger partial charge is 0.348 e. The summed E-state index contributed by atoms with van der Waals surface area (Å²) in [5.74, 6) is 0.989. The molecule has 0 aliphatic carbocycles. The Morgan fingerprint density at radius 3 is 2.94 bits per heavy atom. The van der Waals surface area contributed by atoms with Gasteiger partial charge in [0, 0.05) is 29.8 Å². The lowest BCUT2D eigenvalue weighted by atomic mass is 10.0. The predicted molar refractivity (Wildman–Crippen MR) is 69.3 cm³/mol. The Balaban J connectivity index is 2.09. The van der Waals surface area contributed by atoms with Crippen molar-refractivity contribution >= 4 is 5.91 Å². The first-order valence-corrected chi connectivity index (χ1v) is 6.16. The Morgan fingerprint density at radius 1 is 1.39 bits per heavy atom. The van der Waals surface area contributed by atoms with E-state index in [1.165, 1.54) is 0 Å². The maximum absolute atomic E-state index is 11.7. The molecule has 0 unspecified atom stereocenters. The van der Waals surface area contributed by atoms with Crippen LogP contribution in [0.25, 0.3) is 11.3 Å². The van der Waals surface area contributed by atoms with Crippen molar-refractivity contribution in [1.29, 1.82) is 0 Å². The molecule has 0 radical (unpaired) electrons. The van der Waals surface area contributed by atoms with E-state index >= 15 is 0 Å². The number of H-pyrrole nitrogens is 1. The van der Waals surface area contributed by atoms with Crippen molar-refractivity contribution in [3.63, 3.8) is 0 Å². The van der Waals surface area contributed by atoms with E-state index in [0.717, 1.165) is 40.3 Å². The molecule has 3 rings (SSSR count). The minimum Gasteiger partial charge on any atom is -0.348 e. The molecule has 1 aromatic heterocycles. The molecule has 1 aromatic carbocycles. The van der Waals surface area contributed by atoms with Crippen molar-refractivity contribution in [2.75, 3.05) is 0 Å². The third kappa shape index (κ3) is 1.61. The van der Waals surface area contributed by atoms with Crippen LogP contribution in [0, 0.1) is 6.92 Å². The summed E-state index contributed by atoms with van der Waals surface area (Å²) in [6.45, 7) is 4.71. The summed E-state index contributed by atoms with van der Waals surface area (Å²) in [6.07, 6.45) is 0.881. The SMILES string of the molecule is CCc1nc(-c2ccc3c(c2)C(=O)NC3)c(C)[nH]1. The van der Waals surface area contributed by atoms with E-state index < -0.39 is 0 Å². The number of nitrogens with one attached hydrogen (secondary N) is 2. The number of aromatic nitrogens is 2. The highest BCUT2D eigenvalue weighted by Gasteiger charge is 2.20. The molecule has 2 N–H and O–H groups in total. The van der Waals surface area contributed by atoms with Gasteiger partial charge in [-0.25, -0.2) is 4.98 Å². The second kappa shape index (κ2) is 3.98. The summed E-state index contributed by atoms with van der Waals surface area (Å²) in [5, 5.41) is 2.83. The Morgan fingerprint density at radius 2 is 2.22 bits per heavy atom. The number of rotatable bonds is 2. The summed E-state index contributed by atoms with van der Waals surface area (Å²) in [5.41, 5.74) is 4.82. The number of aryl methyl sites for hydroxylation is 2. The van der Waals surface area contributed by atoms with Crippen LogP contribution >= 0.6 is 0 Å². The summed E-state index contributed by atoms with van der Waals surface area (Å²) < 4.78 is 0. The molecule has 0 atom stereocenters. The van der Waals surface area contributed by atoms with Gasteiger partial charge in [0.2, 0.25) is 0 Å². The van der Waals surface area contributed by atoms with Crippen molar-refractivity contribution in [3.8, 4) is 11.3 Å². The lowest BCUT2D eigenvalue weighted by molar-refractivity contribution is 0.0966. The average Bonchev–Trinajstić information content (AvgIpc) is 2.93. The molecule has 1 amide bonds. The topological polar surface area (TPSA) is 57.8 Å². The average molecular weight is 241 g/mol. The van der Waals surface area contributed by atoms with Gasteiger partial charge >= 0.3 is 0 Å². The molecule has 4 heteroatoms. The highest BCUT2D eigenvalue weighted by atomic mass is 16.1. The minimum atomic E-state index is 0.00996. The number of hydrogen-bond donors (Lipinski definition) is 2. The maximum atomic E-state index is 11.7. The van der Waals surface area contributed by atoms with Crippen LogP contribution < -0.4 is 5.32 Å². The number of amides is 1. The van der Waals surface area contributed by atoms with Crippen LogP contribution in [0.1, 0.15) is 34.4 Å². The van der Waals surface area contributed by atoms with Crippen LogP contribution in [0.3, 0.4) is 0 Å². The normalized spacial score (nSPS) is 13.6. The lowest BCUT2D eigenvalue weighted by Crippen LogP contribution is -2.12. The number of hydrogen-bond acceptors (Lipinski definition) is 2. The van der Waals surface area contributed by atoms with Gasteiger partial charge in [-0.3, -0.25) is 4.79 Å². The minimum absolute atomic E-state index is 0.00996. The lowest BCUT2D eigenvalue weighted by Gasteiger charge is -2.01. The van der Waals surface area contributed by atoms with E-state index in [9.17, 15) is 4.79 Å². The first-order valence-electron chi connectivity index (χ1n) is 6.16. The number of carbonyl (C=O) groups excluding carboxylic acids is 1.